The van der Waals surface area contributed by atoms with Crippen molar-refractivity contribution in [1.82, 2.24) is 4.90 Å². The number of nitrogens with two attached hydrogens (primary N) is 1. The lowest BCUT2D eigenvalue weighted by molar-refractivity contribution is -0.384. The molecule has 0 aromatic heterocycles. The molecule has 0 amide bonds. The van der Waals surface area contributed by atoms with E-state index >= 15 is 0 Å². The number of rotatable bonds is 6. The van der Waals surface area contributed by atoms with Gasteiger partial charge < -0.3 is 15.4 Å². The van der Waals surface area contributed by atoms with Crippen LogP contribution in [0.1, 0.15) is 5.56 Å². The van der Waals surface area contributed by atoms with E-state index in [1.165, 1.54) is 6.07 Å². The Labute approximate surface area is 152 Å². The first-order valence-corrected chi connectivity index (χ1v) is 8.34. The molecule has 1 aliphatic rings. The summed E-state index contributed by atoms with van der Waals surface area (Å²) in [5, 5.41) is 11.1. The Kier molecular flexibility index (Phi) is 5.34. The van der Waals surface area contributed by atoms with E-state index in [2.05, 4.69) is 11.0 Å². The summed E-state index contributed by atoms with van der Waals surface area (Å²) in [6.07, 6.45) is 6.18. The van der Waals surface area contributed by atoms with E-state index in [-0.39, 0.29) is 10.6 Å². The molecule has 0 atom stereocenters. The minimum absolute atomic E-state index is 0.0633. The van der Waals surface area contributed by atoms with Crippen molar-refractivity contribution >= 4 is 5.69 Å². The van der Waals surface area contributed by atoms with E-state index in [4.69, 9.17) is 10.5 Å². The Hall–Kier alpha value is -3.12. The second-order valence-corrected chi connectivity index (χ2v) is 6.07. The lowest BCUT2D eigenvalue weighted by atomic mass is 10.0. The summed E-state index contributed by atoms with van der Waals surface area (Å²) in [6.45, 7) is 2.09. The molecule has 3 rings (SSSR count). The molecule has 6 nitrogen and oxygen atoms in total. The van der Waals surface area contributed by atoms with Crippen LogP contribution in [0, 0.1) is 10.1 Å². The van der Waals surface area contributed by atoms with Gasteiger partial charge in [0.15, 0.2) is 0 Å². The maximum Gasteiger partial charge on any atom is 0.270 e. The predicted octanol–water partition coefficient (Wildman–Crippen LogP) is 3.48. The smallest absolute Gasteiger partial charge is 0.270 e. The Bertz CT molecular complexity index is 874. The Morgan fingerprint density at radius 3 is 2.77 bits per heavy atom. The monoisotopic (exact) mass is 351 g/mol. The van der Waals surface area contributed by atoms with Gasteiger partial charge in [0.2, 0.25) is 0 Å². The third-order valence-corrected chi connectivity index (χ3v) is 4.34. The second-order valence-electron chi connectivity index (χ2n) is 6.07. The molecule has 26 heavy (non-hydrogen) atoms. The first kappa shape index (κ1) is 17.7. The third kappa shape index (κ3) is 3.92. The van der Waals surface area contributed by atoms with E-state index < -0.39 is 0 Å². The SMILES string of the molecule is COc1ccc(CN2C=CC(CN)=CC2)cc1-c1cccc([N+](=O)[O-])c1. The summed E-state index contributed by atoms with van der Waals surface area (Å²) in [5.74, 6) is 0.689. The van der Waals surface area contributed by atoms with Gasteiger partial charge in [0.1, 0.15) is 5.75 Å². The largest absolute Gasteiger partial charge is 0.496 e. The van der Waals surface area contributed by atoms with Gasteiger partial charge in [0.25, 0.3) is 5.69 Å². The number of nitrogens with zero attached hydrogens (tertiary/aromatic N) is 2. The predicted molar refractivity (Wildman–Crippen MR) is 102 cm³/mol. The normalized spacial score (nSPS) is 13.5. The van der Waals surface area contributed by atoms with Gasteiger partial charge in [-0.2, -0.15) is 0 Å². The molecule has 0 unspecified atom stereocenters. The van der Waals surface area contributed by atoms with Gasteiger partial charge in [-0.1, -0.05) is 24.3 Å². The summed E-state index contributed by atoms with van der Waals surface area (Å²) < 4.78 is 5.45. The first-order valence-electron chi connectivity index (χ1n) is 8.34. The standard InChI is InChI=1S/C20H21N3O3/c1-26-20-6-5-16(14-22-9-7-15(13-21)8-10-22)11-19(20)17-3-2-4-18(12-17)23(24)25/h2-9,11-12H,10,13-14,21H2,1H3. The number of hydrogen-bond donors (Lipinski definition) is 1. The number of benzene rings is 2. The molecule has 0 spiro atoms. The van der Waals surface area contributed by atoms with Gasteiger partial charge in [0, 0.05) is 43.5 Å². The molecule has 1 heterocycles. The fourth-order valence-corrected chi connectivity index (χ4v) is 2.93. The molecule has 134 valence electrons. The quantitative estimate of drug-likeness (QED) is 0.636. The van der Waals surface area contributed by atoms with Crippen LogP contribution >= 0.6 is 0 Å². The number of nitro benzene ring substituents is 1. The average molecular weight is 351 g/mol. The van der Waals surface area contributed by atoms with E-state index in [9.17, 15) is 10.1 Å². The van der Waals surface area contributed by atoms with Crippen molar-refractivity contribution in [3.05, 3.63) is 82.1 Å². The van der Waals surface area contributed by atoms with Crippen molar-refractivity contribution in [1.29, 1.82) is 0 Å². The number of nitro groups is 1. The minimum Gasteiger partial charge on any atom is -0.496 e. The van der Waals surface area contributed by atoms with Gasteiger partial charge in [0.05, 0.1) is 12.0 Å². The number of hydrogen-bond acceptors (Lipinski definition) is 5. The Morgan fingerprint density at radius 1 is 1.27 bits per heavy atom. The topological polar surface area (TPSA) is 81.6 Å². The van der Waals surface area contributed by atoms with E-state index in [0.717, 1.165) is 35.4 Å². The molecule has 0 saturated heterocycles. The van der Waals surface area contributed by atoms with Gasteiger partial charge in [-0.25, -0.2) is 0 Å². The third-order valence-electron chi connectivity index (χ3n) is 4.34. The highest BCUT2D eigenvalue weighted by molar-refractivity contribution is 5.73. The van der Waals surface area contributed by atoms with Crippen molar-refractivity contribution < 1.29 is 9.66 Å². The van der Waals surface area contributed by atoms with Gasteiger partial charge in [-0.05, 0) is 34.9 Å². The van der Waals surface area contributed by atoms with Crippen molar-refractivity contribution in [2.75, 3.05) is 20.2 Å². The van der Waals surface area contributed by atoms with E-state index in [1.807, 2.05) is 36.5 Å². The summed E-state index contributed by atoms with van der Waals surface area (Å²) in [6, 6.07) is 12.5. The summed E-state index contributed by atoms with van der Waals surface area (Å²) >= 11 is 0. The van der Waals surface area contributed by atoms with Crippen LogP contribution in [0.3, 0.4) is 0 Å². The molecule has 1 aliphatic heterocycles. The van der Waals surface area contributed by atoms with Crippen molar-refractivity contribution in [2.45, 2.75) is 6.54 Å². The fraction of sp³-hybridized carbons (Fsp3) is 0.200. The molecular weight excluding hydrogens is 330 g/mol. The van der Waals surface area contributed by atoms with Crippen LogP contribution in [-0.2, 0) is 6.54 Å². The highest BCUT2D eigenvalue weighted by Gasteiger charge is 2.13. The Morgan fingerprint density at radius 2 is 2.12 bits per heavy atom. The minimum atomic E-state index is -0.389. The molecule has 0 aliphatic carbocycles. The lowest BCUT2D eigenvalue weighted by Crippen LogP contribution is -2.20. The molecule has 0 saturated carbocycles. The number of methoxy groups -OCH3 is 1. The Balaban J connectivity index is 1.88. The van der Waals surface area contributed by atoms with Crippen LogP contribution in [0.4, 0.5) is 5.69 Å². The molecule has 2 N–H and O–H groups in total. The number of ether oxygens (including phenoxy) is 1. The summed E-state index contributed by atoms with van der Waals surface area (Å²) in [5.41, 5.74) is 9.55. The molecular formula is C20H21N3O3. The first-order chi connectivity index (χ1) is 12.6. The van der Waals surface area contributed by atoms with Crippen LogP contribution < -0.4 is 10.5 Å². The van der Waals surface area contributed by atoms with Crippen molar-refractivity contribution in [3.63, 3.8) is 0 Å². The molecule has 0 radical (unpaired) electrons. The van der Waals surface area contributed by atoms with Crippen molar-refractivity contribution in [3.8, 4) is 16.9 Å². The molecule has 2 aromatic carbocycles. The lowest BCUT2D eigenvalue weighted by Gasteiger charge is -2.23. The zero-order valence-corrected chi connectivity index (χ0v) is 14.6. The zero-order valence-electron chi connectivity index (χ0n) is 14.6. The van der Waals surface area contributed by atoms with Crippen LogP contribution in [0.25, 0.3) is 11.1 Å². The van der Waals surface area contributed by atoms with E-state index in [1.54, 1.807) is 19.2 Å². The summed E-state index contributed by atoms with van der Waals surface area (Å²) in [4.78, 5) is 12.9. The van der Waals surface area contributed by atoms with Crippen molar-refractivity contribution in [2.24, 2.45) is 5.73 Å². The fourth-order valence-electron chi connectivity index (χ4n) is 2.93. The maximum absolute atomic E-state index is 11.1. The highest BCUT2D eigenvalue weighted by Crippen LogP contribution is 2.33. The summed E-state index contributed by atoms with van der Waals surface area (Å²) in [7, 11) is 1.60. The molecule has 6 heteroatoms. The van der Waals surface area contributed by atoms with Gasteiger partial charge in [-0.15, -0.1) is 0 Å². The number of non-ortho nitro benzene ring substituents is 1. The van der Waals surface area contributed by atoms with Crippen LogP contribution in [-0.4, -0.2) is 30.0 Å². The van der Waals surface area contributed by atoms with Crippen LogP contribution in [0.5, 0.6) is 5.75 Å². The van der Waals surface area contributed by atoms with Crippen LogP contribution in [0.15, 0.2) is 66.4 Å². The molecule has 0 fully saturated rings. The van der Waals surface area contributed by atoms with E-state index in [0.29, 0.717) is 12.3 Å². The average Bonchev–Trinajstić information content (AvgIpc) is 2.68. The highest BCUT2D eigenvalue weighted by atomic mass is 16.6. The second kappa shape index (κ2) is 7.84. The molecule has 2 aromatic rings. The zero-order chi connectivity index (χ0) is 18.5. The maximum atomic E-state index is 11.1. The van der Waals surface area contributed by atoms with Gasteiger partial charge in [-0.3, -0.25) is 10.1 Å². The van der Waals surface area contributed by atoms with Crippen LogP contribution in [0.2, 0.25) is 0 Å². The molecule has 0 bridgehead atoms. The van der Waals surface area contributed by atoms with Gasteiger partial charge >= 0.3 is 0 Å².